The maximum absolute atomic E-state index is 10.9. The van der Waals surface area contributed by atoms with E-state index in [1.54, 1.807) is 19.2 Å². The third kappa shape index (κ3) is 3.65. The fraction of sp³-hybridized carbons (Fsp3) is 0.538. The molecule has 1 saturated carbocycles. The Balaban J connectivity index is 2.08. The van der Waals surface area contributed by atoms with Crippen LogP contribution in [0, 0.1) is 10.1 Å². The number of rotatable bonds is 7. The van der Waals surface area contributed by atoms with Crippen LogP contribution in [-0.2, 0) is 11.3 Å². The van der Waals surface area contributed by atoms with Crippen LogP contribution in [-0.4, -0.2) is 36.1 Å². The number of nitrogens with zero attached hydrogens (tertiary/aromatic N) is 2. The van der Waals surface area contributed by atoms with E-state index in [4.69, 9.17) is 10.5 Å². The number of methoxy groups -OCH3 is 1. The SMILES string of the molecule is COCCN(Cc1ccc(N)c([N+](=O)[O-])c1)C1CC1. The van der Waals surface area contributed by atoms with Gasteiger partial charge in [0, 0.05) is 32.3 Å². The van der Waals surface area contributed by atoms with Crippen LogP contribution < -0.4 is 5.73 Å². The summed E-state index contributed by atoms with van der Waals surface area (Å²) >= 11 is 0. The van der Waals surface area contributed by atoms with Crippen LogP contribution in [0.2, 0.25) is 0 Å². The van der Waals surface area contributed by atoms with Gasteiger partial charge in [-0.15, -0.1) is 0 Å². The van der Waals surface area contributed by atoms with Crippen LogP contribution in [0.25, 0.3) is 0 Å². The third-order valence-electron chi connectivity index (χ3n) is 3.32. The van der Waals surface area contributed by atoms with Gasteiger partial charge in [-0.25, -0.2) is 0 Å². The number of ether oxygens (including phenoxy) is 1. The highest BCUT2D eigenvalue weighted by atomic mass is 16.6. The second kappa shape index (κ2) is 5.99. The normalized spacial score (nSPS) is 14.8. The fourth-order valence-electron chi connectivity index (χ4n) is 2.12. The maximum Gasteiger partial charge on any atom is 0.292 e. The van der Waals surface area contributed by atoms with Crippen LogP contribution in [0.15, 0.2) is 18.2 Å². The number of anilines is 1. The molecule has 0 radical (unpaired) electrons. The molecule has 2 rings (SSSR count). The van der Waals surface area contributed by atoms with Gasteiger partial charge in [0.05, 0.1) is 11.5 Å². The molecule has 1 aromatic carbocycles. The number of hydrogen-bond donors (Lipinski definition) is 1. The van der Waals surface area contributed by atoms with E-state index >= 15 is 0 Å². The lowest BCUT2D eigenvalue weighted by Gasteiger charge is -2.21. The van der Waals surface area contributed by atoms with E-state index in [9.17, 15) is 10.1 Å². The Bertz CT molecular complexity index is 460. The van der Waals surface area contributed by atoms with Crippen LogP contribution in [0.1, 0.15) is 18.4 Å². The Hall–Kier alpha value is -1.66. The largest absolute Gasteiger partial charge is 0.393 e. The van der Waals surface area contributed by atoms with Crippen molar-refractivity contribution < 1.29 is 9.66 Å². The molecule has 0 spiro atoms. The van der Waals surface area contributed by atoms with Gasteiger partial charge in [0.15, 0.2) is 0 Å². The molecule has 6 heteroatoms. The molecule has 1 fully saturated rings. The van der Waals surface area contributed by atoms with Crippen molar-refractivity contribution in [1.29, 1.82) is 0 Å². The minimum absolute atomic E-state index is 0.0139. The monoisotopic (exact) mass is 265 g/mol. The molecule has 0 heterocycles. The molecule has 0 aromatic heterocycles. The minimum Gasteiger partial charge on any atom is -0.393 e. The first-order chi connectivity index (χ1) is 9.11. The van der Waals surface area contributed by atoms with Crippen molar-refractivity contribution in [2.24, 2.45) is 0 Å². The molecule has 104 valence electrons. The molecule has 0 bridgehead atoms. The molecule has 0 atom stereocenters. The molecule has 1 aliphatic rings. The Kier molecular flexibility index (Phi) is 4.34. The van der Waals surface area contributed by atoms with Crippen molar-refractivity contribution in [2.45, 2.75) is 25.4 Å². The first-order valence-corrected chi connectivity index (χ1v) is 6.37. The number of nitrogen functional groups attached to an aromatic ring is 1. The van der Waals surface area contributed by atoms with E-state index in [0.29, 0.717) is 19.2 Å². The second-order valence-corrected chi connectivity index (χ2v) is 4.84. The Morgan fingerprint density at radius 1 is 1.53 bits per heavy atom. The summed E-state index contributed by atoms with van der Waals surface area (Å²) in [5, 5.41) is 10.9. The quantitative estimate of drug-likeness (QED) is 0.461. The molecule has 2 N–H and O–H groups in total. The summed E-state index contributed by atoms with van der Waals surface area (Å²) in [6.07, 6.45) is 2.39. The highest BCUT2D eigenvalue weighted by molar-refractivity contribution is 5.59. The highest BCUT2D eigenvalue weighted by Gasteiger charge is 2.28. The predicted molar refractivity (Wildman–Crippen MR) is 72.8 cm³/mol. The van der Waals surface area contributed by atoms with Crippen molar-refractivity contribution in [3.63, 3.8) is 0 Å². The third-order valence-corrected chi connectivity index (χ3v) is 3.32. The van der Waals surface area contributed by atoms with Gasteiger partial charge in [0.25, 0.3) is 5.69 Å². The number of nitro groups is 1. The first kappa shape index (κ1) is 13.8. The van der Waals surface area contributed by atoms with E-state index in [1.807, 2.05) is 6.07 Å². The van der Waals surface area contributed by atoms with Crippen LogP contribution in [0.4, 0.5) is 11.4 Å². The van der Waals surface area contributed by atoms with Gasteiger partial charge in [0.1, 0.15) is 5.69 Å². The zero-order valence-corrected chi connectivity index (χ0v) is 11.0. The van der Waals surface area contributed by atoms with Crippen LogP contribution >= 0.6 is 0 Å². The topological polar surface area (TPSA) is 81.6 Å². The zero-order valence-electron chi connectivity index (χ0n) is 11.0. The summed E-state index contributed by atoms with van der Waals surface area (Å²) in [5.41, 5.74) is 6.72. The van der Waals surface area contributed by atoms with Gasteiger partial charge in [-0.1, -0.05) is 6.07 Å². The van der Waals surface area contributed by atoms with Crippen molar-refractivity contribution in [2.75, 3.05) is 26.0 Å². The average molecular weight is 265 g/mol. The molecule has 6 nitrogen and oxygen atoms in total. The summed E-state index contributed by atoms with van der Waals surface area (Å²) in [7, 11) is 1.68. The molecular formula is C13H19N3O3. The number of nitro benzene ring substituents is 1. The summed E-state index contributed by atoms with van der Waals surface area (Å²) in [6, 6.07) is 5.61. The Morgan fingerprint density at radius 3 is 2.84 bits per heavy atom. The fourth-order valence-corrected chi connectivity index (χ4v) is 2.12. The molecule has 19 heavy (non-hydrogen) atoms. The van der Waals surface area contributed by atoms with E-state index in [-0.39, 0.29) is 11.4 Å². The smallest absolute Gasteiger partial charge is 0.292 e. The highest BCUT2D eigenvalue weighted by Crippen LogP contribution is 2.29. The van der Waals surface area contributed by atoms with Crippen molar-refractivity contribution >= 4 is 11.4 Å². The standard InChI is InChI=1S/C13H19N3O3/c1-19-7-6-15(11-3-4-11)9-10-2-5-12(14)13(8-10)16(17)18/h2,5,8,11H,3-4,6-7,9,14H2,1H3. The molecule has 0 amide bonds. The van der Waals surface area contributed by atoms with Gasteiger partial charge >= 0.3 is 0 Å². The summed E-state index contributed by atoms with van der Waals surface area (Å²) in [4.78, 5) is 12.7. The van der Waals surface area contributed by atoms with E-state index in [2.05, 4.69) is 4.90 Å². The summed E-state index contributed by atoms with van der Waals surface area (Å²) < 4.78 is 5.10. The molecule has 1 aliphatic carbocycles. The van der Waals surface area contributed by atoms with Gasteiger partial charge in [-0.3, -0.25) is 15.0 Å². The van der Waals surface area contributed by atoms with E-state index in [0.717, 1.165) is 12.1 Å². The molecular weight excluding hydrogens is 246 g/mol. The second-order valence-electron chi connectivity index (χ2n) is 4.84. The minimum atomic E-state index is -0.435. The number of hydrogen-bond acceptors (Lipinski definition) is 5. The maximum atomic E-state index is 10.9. The van der Waals surface area contributed by atoms with Gasteiger partial charge in [-0.05, 0) is 24.5 Å². The summed E-state index contributed by atoms with van der Waals surface area (Å²) in [6.45, 7) is 2.22. The Morgan fingerprint density at radius 2 is 2.26 bits per heavy atom. The van der Waals surface area contributed by atoms with Crippen LogP contribution in [0.3, 0.4) is 0 Å². The van der Waals surface area contributed by atoms with E-state index < -0.39 is 4.92 Å². The molecule has 0 unspecified atom stereocenters. The van der Waals surface area contributed by atoms with Crippen molar-refractivity contribution in [3.05, 3.63) is 33.9 Å². The van der Waals surface area contributed by atoms with Gasteiger partial charge in [0.2, 0.25) is 0 Å². The lowest BCUT2D eigenvalue weighted by Crippen LogP contribution is -2.29. The van der Waals surface area contributed by atoms with Gasteiger partial charge < -0.3 is 10.5 Å². The van der Waals surface area contributed by atoms with Crippen molar-refractivity contribution in [3.8, 4) is 0 Å². The van der Waals surface area contributed by atoms with Crippen LogP contribution in [0.5, 0.6) is 0 Å². The molecule has 0 saturated heterocycles. The number of nitrogens with two attached hydrogens (primary N) is 1. The molecule has 1 aromatic rings. The predicted octanol–water partition coefficient (Wildman–Crippen LogP) is 1.79. The zero-order chi connectivity index (χ0) is 13.8. The Labute approximate surface area is 112 Å². The summed E-state index contributed by atoms with van der Waals surface area (Å²) in [5.74, 6) is 0. The lowest BCUT2D eigenvalue weighted by atomic mass is 10.1. The van der Waals surface area contributed by atoms with E-state index in [1.165, 1.54) is 12.8 Å². The lowest BCUT2D eigenvalue weighted by molar-refractivity contribution is -0.384. The first-order valence-electron chi connectivity index (χ1n) is 6.37. The number of benzene rings is 1. The molecule has 0 aliphatic heterocycles. The van der Waals surface area contributed by atoms with Crippen molar-refractivity contribution in [1.82, 2.24) is 4.90 Å². The average Bonchev–Trinajstić information content (AvgIpc) is 3.20. The van der Waals surface area contributed by atoms with Gasteiger partial charge in [-0.2, -0.15) is 0 Å².